The minimum Gasteiger partial charge on any atom is -0.600 e. The highest BCUT2D eigenvalue weighted by Gasteiger charge is 2.07. The van der Waals surface area contributed by atoms with Gasteiger partial charge in [-0.2, -0.15) is 0 Å². The molecule has 5 nitrogen and oxygen atoms in total. The zero-order valence-corrected chi connectivity index (χ0v) is 7.15. The van der Waals surface area contributed by atoms with Crippen LogP contribution >= 0.6 is 0 Å². The van der Waals surface area contributed by atoms with Crippen molar-refractivity contribution in [2.75, 3.05) is 6.54 Å². The lowest BCUT2D eigenvalue weighted by Crippen LogP contribution is -2.10. The van der Waals surface area contributed by atoms with Crippen molar-refractivity contribution in [3.63, 3.8) is 0 Å². The van der Waals surface area contributed by atoms with Gasteiger partial charge in [0.05, 0.1) is 0 Å². The molecule has 0 saturated heterocycles. The standard InChI is InChI=1S/C7H12N2O3/c1-5(2)4-9(12)8-6(3)7(10)11/h5H,3-4H2,1-2H3,(H,10,11)/i4+1,5+1,6+1. The summed E-state index contributed by atoms with van der Waals surface area (Å²) in [5, 5.41) is 22.3. The Kier molecular flexibility index (Phi) is 3.96. The molecule has 5 heteroatoms. The van der Waals surface area contributed by atoms with Gasteiger partial charge in [-0.1, -0.05) is 25.3 Å². The fraction of sp³-hybridized carbons (Fsp3) is 0.571. The lowest BCUT2D eigenvalue weighted by molar-refractivity contribution is -0.532. The summed E-state index contributed by atoms with van der Waals surface area (Å²) in [6.07, 6.45) is 0. The average molecular weight is 175 g/mol. The molecule has 0 aliphatic heterocycles. The predicted octanol–water partition coefficient (Wildman–Crippen LogP) is 1.20. The number of carboxylic acids is 1. The third kappa shape index (κ3) is 4.43. The Morgan fingerprint density at radius 2 is 2.25 bits per heavy atom. The zero-order chi connectivity index (χ0) is 9.72. The first-order valence-electron chi connectivity index (χ1n) is 3.52. The summed E-state index contributed by atoms with van der Waals surface area (Å²) >= 11 is 0. The first-order valence-corrected chi connectivity index (χ1v) is 3.52. The van der Waals surface area contributed by atoms with E-state index in [1.54, 1.807) is 0 Å². The van der Waals surface area contributed by atoms with E-state index in [4.69, 9.17) is 5.11 Å². The quantitative estimate of drug-likeness (QED) is 0.229. The van der Waals surface area contributed by atoms with Gasteiger partial charge in [-0.3, -0.25) is 0 Å². The second-order valence-corrected chi connectivity index (χ2v) is 2.78. The highest BCUT2D eigenvalue weighted by Crippen LogP contribution is 1.97. The van der Waals surface area contributed by atoms with Gasteiger partial charge in [-0.25, -0.2) is 4.79 Å². The van der Waals surface area contributed by atoms with Gasteiger partial charge >= 0.3 is 5.97 Å². The Hall–Kier alpha value is -1.39. The van der Waals surface area contributed by atoms with Gasteiger partial charge in [-0.05, 0) is 0 Å². The first-order chi connectivity index (χ1) is 5.43. The van der Waals surface area contributed by atoms with E-state index in [9.17, 15) is 10.0 Å². The maximum absolute atomic E-state index is 10.8. The molecule has 0 aromatic rings. The summed E-state index contributed by atoms with van der Waals surface area (Å²) in [6.45, 7) is 6.94. The van der Waals surface area contributed by atoms with Crippen LogP contribution in [0.4, 0.5) is 0 Å². The number of hydrogen-bond acceptors (Lipinski definition) is 3. The number of hydroxylamine groups is 1. The molecule has 0 atom stereocenters. The molecule has 0 heterocycles. The Labute approximate surface area is 70.6 Å². The molecule has 0 rings (SSSR count). The van der Waals surface area contributed by atoms with Crippen molar-refractivity contribution in [1.29, 1.82) is 0 Å². The molecule has 0 aromatic carbocycles. The normalized spacial score (nSPS) is 11.8. The fourth-order valence-electron chi connectivity index (χ4n) is 0.531. The van der Waals surface area contributed by atoms with Gasteiger partial charge in [0.15, 0.2) is 6.54 Å². The molecule has 0 amide bonds. The molecular weight excluding hydrogens is 163 g/mol. The molecule has 0 aliphatic carbocycles. The van der Waals surface area contributed by atoms with Crippen molar-refractivity contribution >= 4 is 5.97 Å². The topological polar surface area (TPSA) is 75.7 Å². The molecule has 0 aromatic heterocycles. The number of hydrogen-bond donors (Lipinski definition) is 1. The van der Waals surface area contributed by atoms with Crippen LogP contribution in [0.1, 0.15) is 13.8 Å². The second-order valence-electron chi connectivity index (χ2n) is 2.78. The van der Waals surface area contributed by atoms with Crippen LogP contribution in [0.5, 0.6) is 0 Å². The van der Waals surface area contributed by atoms with Gasteiger partial charge in [-0.15, -0.1) is 0 Å². The zero-order valence-electron chi connectivity index (χ0n) is 7.15. The summed E-state index contributed by atoms with van der Waals surface area (Å²) < 4.78 is 0. The van der Waals surface area contributed by atoms with E-state index < -0.39 is 11.7 Å². The van der Waals surface area contributed by atoms with Crippen molar-refractivity contribution < 1.29 is 14.8 Å². The van der Waals surface area contributed by atoms with E-state index in [2.05, 4.69) is 11.7 Å². The van der Waals surface area contributed by atoms with Crippen molar-refractivity contribution in [1.82, 2.24) is 0 Å². The Morgan fingerprint density at radius 3 is 2.58 bits per heavy atom. The number of nitrogens with zero attached hydrogens (tertiary/aromatic N) is 2. The Bertz CT molecular complexity index is 221. The molecule has 0 spiro atoms. The highest BCUT2D eigenvalue weighted by molar-refractivity contribution is 5.84. The van der Waals surface area contributed by atoms with Gasteiger partial charge in [0.1, 0.15) is 0 Å². The number of carbonyl (C=O) groups is 1. The van der Waals surface area contributed by atoms with Crippen LogP contribution in [0.3, 0.4) is 0 Å². The maximum Gasteiger partial charge on any atom is 0.360 e. The van der Waals surface area contributed by atoms with Crippen molar-refractivity contribution in [2.24, 2.45) is 11.0 Å². The minimum absolute atomic E-state index is 0.146. The summed E-state index contributed by atoms with van der Waals surface area (Å²) in [4.78, 5) is 10.5. The molecule has 1 N–H and O–H groups in total. The van der Waals surface area contributed by atoms with E-state index in [-0.39, 0.29) is 12.5 Å². The minimum atomic E-state index is -1.28. The van der Waals surface area contributed by atoms with Crippen molar-refractivity contribution in [2.45, 2.75) is 13.8 Å². The summed E-state index contributed by atoms with van der Waals surface area (Å²) in [5.41, 5.74) is -0.439. The lowest BCUT2D eigenvalue weighted by Gasteiger charge is -2.02. The fourth-order valence-corrected chi connectivity index (χ4v) is 0.531. The van der Waals surface area contributed by atoms with Crippen LogP contribution in [-0.4, -0.2) is 22.5 Å². The van der Waals surface area contributed by atoms with Crippen molar-refractivity contribution in [3.8, 4) is 0 Å². The molecular formula is C7H12N2O3. The Morgan fingerprint density at radius 1 is 1.75 bits per heavy atom. The molecule has 0 bridgehead atoms. The number of rotatable bonds is 4. The third-order valence-corrected chi connectivity index (χ3v) is 1.00. The molecule has 0 aliphatic rings. The summed E-state index contributed by atoms with van der Waals surface area (Å²) in [6, 6.07) is 0. The van der Waals surface area contributed by atoms with Gasteiger partial charge in [0, 0.05) is 11.0 Å². The van der Waals surface area contributed by atoms with Crippen LogP contribution < -0.4 is 0 Å². The smallest absolute Gasteiger partial charge is 0.360 e. The van der Waals surface area contributed by atoms with Crippen LogP contribution in [0, 0.1) is 11.1 Å². The van der Waals surface area contributed by atoms with E-state index in [1.165, 1.54) is 0 Å². The maximum atomic E-state index is 10.8. The Balaban J connectivity index is 4.16. The second kappa shape index (κ2) is 4.48. The van der Waals surface area contributed by atoms with Crippen LogP contribution in [-0.2, 0) is 4.79 Å². The summed E-state index contributed by atoms with van der Waals surface area (Å²) in [5.74, 6) is -1.13. The molecule has 68 valence electrons. The molecule has 0 saturated carbocycles. The van der Waals surface area contributed by atoms with Gasteiger partial charge < -0.3 is 10.3 Å². The summed E-state index contributed by atoms with van der Waals surface area (Å²) in [7, 11) is 0. The predicted molar refractivity (Wildman–Crippen MR) is 42.5 cm³/mol. The van der Waals surface area contributed by atoms with Crippen LogP contribution in [0.25, 0.3) is 0 Å². The van der Waals surface area contributed by atoms with Crippen LogP contribution in [0.2, 0.25) is 0 Å². The molecule has 0 fully saturated rings. The van der Waals surface area contributed by atoms with Crippen LogP contribution in [0.15, 0.2) is 17.4 Å². The molecule has 0 radical (unpaired) electrons. The third-order valence-electron chi connectivity index (χ3n) is 1.00. The lowest BCUT2D eigenvalue weighted by atomic mass is 10.8. The van der Waals surface area contributed by atoms with Crippen molar-refractivity contribution in [3.05, 3.63) is 17.5 Å². The first kappa shape index (κ1) is 10.6. The average Bonchev–Trinajstić information content (AvgIpc) is 1.84. The largest absolute Gasteiger partial charge is 0.600 e. The molecule has 0 unspecified atom stereocenters. The molecule has 12 heavy (non-hydrogen) atoms. The number of azo groups is 1. The van der Waals surface area contributed by atoms with E-state index >= 15 is 0 Å². The monoisotopic (exact) mass is 175 g/mol. The van der Waals surface area contributed by atoms with E-state index in [1.807, 2.05) is 13.8 Å². The highest BCUT2D eigenvalue weighted by atomic mass is 16.5. The van der Waals surface area contributed by atoms with Gasteiger partial charge in [0.2, 0.25) is 5.70 Å². The van der Waals surface area contributed by atoms with Gasteiger partial charge in [0.25, 0.3) is 0 Å². The van der Waals surface area contributed by atoms with E-state index in [0.717, 1.165) is 0 Å². The van der Waals surface area contributed by atoms with E-state index in [0.29, 0.717) is 4.86 Å². The SMILES string of the molecule is C=[13C](N=[N+]([O-])[13CH2][13CH](C)C)C(=O)O. The number of carboxylic acid groups (broad SMARTS) is 1. The number of aliphatic carboxylic acids is 1.